The van der Waals surface area contributed by atoms with Crippen molar-refractivity contribution in [2.45, 2.75) is 58.1 Å². The minimum atomic E-state index is -0.318. The zero-order valence-electron chi connectivity index (χ0n) is 11.2. The molecule has 4 nitrogen and oxygen atoms in total. The molecule has 0 unspecified atom stereocenters. The van der Waals surface area contributed by atoms with Crippen LogP contribution in [-0.2, 0) is 14.3 Å². The van der Waals surface area contributed by atoms with Gasteiger partial charge in [0.15, 0.2) is 0 Å². The standard InChI is InChI=1S/C8H13NO.C5H10O2/c1-9-6-2-8(3-6)4-7(10)5-8;1-5(2,3)7-4-6/h6,9H,2-5H2,1H3;4H,1-3H3. The molecule has 1 N–H and O–H groups in total. The van der Waals surface area contributed by atoms with E-state index in [-0.39, 0.29) is 5.60 Å². The molecule has 0 aromatic carbocycles. The van der Waals surface area contributed by atoms with Crippen LogP contribution in [0, 0.1) is 5.41 Å². The van der Waals surface area contributed by atoms with E-state index in [1.807, 2.05) is 27.8 Å². The van der Waals surface area contributed by atoms with Crippen molar-refractivity contribution < 1.29 is 14.3 Å². The summed E-state index contributed by atoms with van der Waals surface area (Å²) in [6.45, 7) is 5.92. The van der Waals surface area contributed by atoms with Crippen LogP contribution in [-0.4, -0.2) is 30.9 Å². The van der Waals surface area contributed by atoms with Gasteiger partial charge in [-0.25, -0.2) is 0 Å². The highest BCUT2D eigenvalue weighted by molar-refractivity contribution is 5.86. The largest absolute Gasteiger partial charge is 0.462 e. The zero-order valence-corrected chi connectivity index (χ0v) is 11.2. The Labute approximate surface area is 103 Å². The molecule has 1 spiro atoms. The van der Waals surface area contributed by atoms with Crippen LogP contribution in [0.1, 0.15) is 46.5 Å². The van der Waals surface area contributed by atoms with Crippen molar-refractivity contribution in [2.24, 2.45) is 5.41 Å². The first kappa shape index (κ1) is 14.2. The Morgan fingerprint density at radius 2 is 1.88 bits per heavy atom. The second-order valence-corrected chi connectivity index (χ2v) is 6.11. The van der Waals surface area contributed by atoms with Gasteiger partial charge in [0.1, 0.15) is 11.4 Å². The number of nitrogens with one attached hydrogen (secondary N) is 1. The highest BCUT2D eigenvalue weighted by atomic mass is 16.5. The van der Waals surface area contributed by atoms with Crippen molar-refractivity contribution in [2.75, 3.05) is 7.05 Å². The highest BCUT2D eigenvalue weighted by Crippen LogP contribution is 2.53. The third kappa shape index (κ3) is 4.11. The average Bonchev–Trinajstić information content (AvgIpc) is 2.07. The lowest BCUT2D eigenvalue weighted by Crippen LogP contribution is -2.54. The number of carbonyl (C=O) groups is 2. The number of carbonyl (C=O) groups excluding carboxylic acids is 2. The Hall–Kier alpha value is -0.900. The van der Waals surface area contributed by atoms with Gasteiger partial charge in [-0.1, -0.05) is 0 Å². The second-order valence-electron chi connectivity index (χ2n) is 6.11. The first-order valence-corrected chi connectivity index (χ1v) is 6.11. The molecule has 0 amide bonds. The number of rotatable bonds is 2. The van der Waals surface area contributed by atoms with Crippen LogP contribution < -0.4 is 5.32 Å². The molecule has 98 valence electrons. The lowest BCUT2D eigenvalue weighted by atomic mass is 9.53. The molecule has 0 bridgehead atoms. The van der Waals surface area contributed by atoms with E-state index in [1.54, 1.807) is 0 Å². The molecule has 0 aliphatic heterocycles. The van der Waals surface area contributed by atoms with E-state index in [2.05, 4.69) is 10.1 Å². The predicted octanol–water partition coefficient (Wildman–Crippen LogP) is 1.68. The monoisotopic (exact) mass is 241 g/mol. The summed E-state index contributed by atoms with van der Waals surface area (Å²) in [4.78, 5) is 20.3. The van der Waals surface area contributed by atoms with Crippen molar-refractivity contribution >= 4 is 12.3 Å². The maximum Gasteiger partial charge on any atom is 0.293 e. The molecule has 0 radical (unpaired) electrons. The molecular formula is C13H23NO3. The van der Waals surface area contributed by atoms with Crippen LogP contribution >= 0.6 is 0 Å². The van der Waals surface area contributed by atoms with Gasteiger partial charge in [0, 0.05) is 18.9 Å². The summed E-state index contributed by atoms with van der Waals surface area (Å²) in [5, 5.41) is 3.23. The van der Waals surface area contributed by atoms with Gasteiger partial charge in [0.25, 0.3) is 6.47 Å². The van der Waals surface area contributed by atoms with Gasteiger partial charge in [-0.05, 0) is 46.1 Å². The summed E-state index contributed by atoms with van der Waals surface area (Å²) < 4.78 is 4.55. The Morgan fingerprint density at radius 3 is 2.12 bits per heavy atom. The first-order chi connectivity index (χ1) is 7.80. The van der Waals surface area contributed by atoms with E-state index in [1.165, 1.54) is 12.8 Å². The van der Waals surface area contributed by atoms with Crippen molar-refractivity contribution in [1.82, 2.24) is 5.32 Å². The molecule has 0 heterocycles. The molecule has 4 heteroatoms. The maximum absolute atomic E-state index is 10.7. The number of hydrogen-bond acceptors (Lipinski definition) is 4. The van der Waals surface area contributed by atoms with Gasteiger partial charge in [0.05, 0.1) is 0 Å². The van der Waals surface area contributed by atoms with Crippen molar-refractivity contribution in [3.63, 3.8) is 0 Å². The Morgan fingerprint density at radius 1 is 1.35 bits per heavy atom. The predicted molar refractivity (Wildman–Crippen MR) is 65.7 cm³/mol. The van der Waals surface area contributed by atoms with E-state index >= 15 is 0 Å². The van der Waals surface area contributed by atoms with Gasteiger partial charge >= 0.3 is 0 Å². The minimum Gasteiger partial charge on any atom is -0.462 e. The third-order valence-electron chi connectivity index (χ3n) is 3.31. The quantitative estimate of drug-likeness (QED) is 0.747. The summed E-state index contributed by atoms with van der Waals surface area (Å²) in [5.74, 6) is 0.467. The second kappa shape index (κ2) is 5.17. The third-order valence-corrected chi connectivity index (χ3v) is 3.31. The SMILES string of the molecule is CC(C)(C)OC=O.CNC1CC2(CC(=O)C2)C1. The number of hydrogen-bond donors (Lipinski definition) is 1. The molecule has 0 saturated heterocycles. The van der Waals surface area contributed by atoms with Gasteiger partial charge in [0.2, 0.25) is 0 Å². The van der Waals surface area contributed by atoms with Gasteiger partial charge < -0.3 is 10.1 Å². The average molecular weight is 241 g/mol. The van der Waals surface area contributed by atoms with Gasteiger partial charge in [-0.2, -0.15) is 0 Å². The van der Waals surface area contributed by atoms with Gasteiger partial charge in [-0.15, -0.1) is 0 Å². The first-order valence-electron chi connectivity index (χ1n) is 6.11. The summed E-state index contributed by atoms with van der Waals surface area (Å²) in [6.07, 6.45) is 4.20. The Bertz CT molecular complexity index is 278. The van der Waals surface area contributed by atoms with E-state index in [4.69, 9.17) is 0 Å². The lowest BCUT2D eigenvalue weighted by Gasteiger charge is -2.52. The number of ether oxygens (including phenoxy) is 1. The summed E-state index contributed by atoms with van der Waals surface area (Å²) in [7, 11) is 2.00. The van der Waals surface area contributed by atoms with Crippen molar-refractivity contribution in [3.8, 4) is 0 Å². The lowest BCUT2D eigenvalue weighted by molar-refractivity contribution is -0.140. The molecule has 0 atom stereocenters. The van der Waals surface area contributed by atoms with Crippen LogP contribution in [0.4, 0.5) is 0 Å². The van der Waals surface area contributed by atoms with E-state index in [9.17, 15) is 9.59 Å². The van der Waals surface area contributed by atoms with Gasteiger partial charge in [-0.3, -0.25) is 9.59 Å². The molecule has 2 aliphatic rings. The van der Waals surface area contributed by atoms with E-state index in [0.29, 0.717) is 23.7 Å². The summed E-state index contributed by atoms with van der Waals surface area (Å²) in [5.41, 5.74) is 0.159. The molecule has 0 aromatic rings. The van der Waals surface area contributed by atoms with E-state index < -0.39 is 0 Å². The number of Topliss-reactive ketones (excluding diaryl/α,β-unsaturated/α-hetero) is 1. The van der Waals surface area contributed by atoms with Crippen LogP contribution in [0.5, 0.6) is 0 Å². The fraction of sp³-hybridized carbons (Fsp3) is 0.846. The molecule has 2 saturated carbocycles. The normalized spacial score (nSPS) is 22.0. The van der Waals surface area contributed by atoms with Crippen molar-refractivity contribution in [1.29, 1.82) is 0 Å². The molecule has 0 aromatic heterocycles. The topological polar surface area (TPSA) is 55.4 Å². The van der Waals surface area contributed by atoms with Crippen LogP contribution in [0.2, 0.25) is 0 Å². The minimum absolute atomic E-state index is 0.318. The molecule has 2 fully saturated rings. The zero-order chi connectivity index (χ0) is 13.1. The smallest absolute Gasteiger partial charge is 0.293 e. The number of ketones is 1. The molecular weight excluding hydrogens is 218 g/mol. The van der Waals surface area contributed by atoms with E-state index in [0.717, 1.165) is 12.8 Å². The van der Waals surface area contributed by atoms with Crippen LogP contribution in [0.15, 0.2) is 0 Å². The molecule has 2 rings (SSSR count). The van der Waals surface area contributed by atoms with Crippen molar-refractivity contribution in [3.05, 3.63) is 0 Å². The maximum atomic E-state index is 10.7. The molecule has 2 aliphatic carbocycles. The highest BCUT2D eigenvalue weighted by Gasteiger charge is 2.51. The summed E-state index contributed by atoms with van der Waals surface area (Å²) >= 11 is 0. The fourth-order valence-electron chi connectivity index (χ4n) is 2.41. The summed E-state index contributed by atoms with van der Waals surface area (Å²) in [6, 6.07) is 0.702. The fourth-order valence-corrected chi connectivity index (χ4v) is 2.41. The Balaban J connectivity index is 0.000000185. The molecule has 17 heavy (non-hydrogen) atoms. The Kier molecular flexibility index (Phi) is 4.31. The van der Waals surface area contributed by atoms with Crippen LogP contribution in [0.3, 0.4) is 0 Å². The van der Waals surface area contributed by atoms with Crippen LogP contribution in [0.25, 0.3) is 0 Å².